The van der Waals surface area contributed by atoms with Crippen LogP contribution in [0, 0.1) is 0 Å². The van der Waals surface area contributed by atoms with Crippen molar-refractivity contribution >= 4 is 35.7 Å². The molecule has 1 aromatic carbocycles. The van der Waals surface area contributed by atoms with E-state index in [0.29, 0.717) is 0 Å². The van der Waals surface area contributed by atoms with E-state index in [9.17, 15) is 0 Å². The van der Waals surface area contributed by atoms with Gasteiger partial charge in [-0.05, 0) is 13.0 Å². The van der Waals surface area contributed by atoms with Crippen molar-refractivity contribution < 1.29 is 5.11 Å². The predicted octanol–water partition coefficient (Wildman–Crippen LogP) is 2.47. The number of nitrogens with zero attached hydrogens (tertiary/aromatic N) is 2. The zero-order valence-electron chi connectivity index (χ0n) is 8.33. The van der Waals surface area contributed by atoms with Crippen LogP contribution < -0.4 is 0 Å². The maximum atomic E-state index is 7.57. The van der Waals surface area contributed by atoms with E-state index in [0.717, 1.165) is 10.9 Å². The van der Waals surface area contributed by atoms with Crippen molar-refractivity contribution in [3.8, 4) is 0 Å². The summed E-state index contributed by atoms with van der Waals surface area (Å²) >= 11 is 0. The van der Waals surface area contributed by atoms with Crippen molar-refractivity contribution in [1.29, 1.82) is 0 Å². The molecule has 0 saturated carbocycles. The first kappa shape index (κ1) is 16.5. The number of aliphatic hydroxyl groups is 1. The Kier molecular flexibility index (Phi) is 10.6. The van der Waals surface area contributed by atoms with Crippen molar-refractivity contribution in [1.82, 2.24) is 9.97 Å². The number of para-hydroxylation sites is 1. The highest BCUT2D eigenvalue weighted by atomic mass is 35.5. The molecule has 0 saturated heterocycles. The lowest BCUT2D eigenvalue weighted by molar-refractivity contribution is 0.318. The van der Waals surface area contributed by atoms with E-state index in [-0.39, 0.29) is 31.4 Å². The van der Waals surface area contributed by atoms with Gasteiger partial charge in [0.05, 0.1) is 5.52 Å². The minimum atomic E-state index is 0. The highest BCUT2D eigenvalue weighted by molar-refractivity contribution is 5.85. The number of halogens is 2. The molecule has 0 amide bonds. The molecule has 0 radical (unpaired) electrons. The number of aliphatic hydroxyl groups excluding tert-OH is 1. The summed E-state index contributed by atoms with van der Waals surface area (Å²) in [6.07, 6.45) is 3.37. The molecule has 0 aliphatic carbocycles. The Hall–Kier alpha value is -0.900. The first-order valence-corrected chi connectivity index (χ1v) is 4.14. The number of rotatable bonds is 0. The van der Waals surface area contributed by atoms with Crippen LogP contribution in [0.15, 0.2) is 36.8 Å². The third-order valence-corrected chi connectivity index (χ3v) is 1.41. The van der Waals surface area contributed by atoms with Crippen molar-refractivity contribution in [2.45, 2.75) is 6.92 Å². The maximum Gasteiger partial charge on any atom is 0.116 e. The van der Waals surface area contributed by atoms with E-state index in [1.54, 1.807) is 13.3 Å². The van der Waals surface area contributed by atoms with Crippen LogP contribution in [-0.2, 0) is 0 Å². The Morgan fingerprint density at radius 2 is 1.80 bits per heavy atom. The molecule has 0 aliphatic heterocycles. The van der Waals surface area contributed by atoms with Crippen LogP contribution in [0.3, 0.4) is 0 Å². The quantitative estimate of drug-likeness (QED) is 0.780. The van der Waals surface area contributed by atoms with Crippen LogP contribution in [0.2, 0.25) is 0 Å². The van der Waals surface area contributed by atoms with Crippen molar-refractivity contribution in [2.24, 2.45) is 0 Å². The van der Waals surface area contributed by atoms with Gasteiger partial charge in [-0.2, -0.15) is 0 Å². The van der Waals surface area contributed by atoms with E-state index in [4.69, 9.17) is 5.11 Å². The second-order valence-corrected chi connectivity index (χ2v) is 2.40. The van der Waals surface area contributed by atoms with Gasteiger partial charge in [0, 0.05) is 18.2 Å². The molecule has 0 unspecified atom stereocenters. The summed E-state index contributed by atoms with van der Waals surface area (Å²) in [6, 6.07) is 7.91. The number of benzene rings is 1. The Bertz CT molecular complexity index is 306. The van der Waals surface area contributed by atoms with E-state index in [2.05, 4.69) is 9.97 Å². The summed E-state index contributed by atoms with van der Waals surface area (Å²) < 4.78 is 0. The smallest absolute Gasteiger partial charge is 0.116 e. The molecule has 0 spiro atoms. The fourth-order valence-corrected chi connectivity index (χ4v) is 0.923. The lowest BCUT2D eigenvalue weighted by atomic mass is 10.2. The summed E-state index contributed by atoms with van der Waals surface area (Å²) in [7, 11) is 0. The van der Waals surface area contributed by atoms with Crippen LogP contribution in [0.25, 0.3) is 10.9 Å². The van der Waals surface area contributed by atoms with Gasteiger partial charge in [-0.3, -0.25) is 0 Å². The Morgan fingerprint density at radius 1 is 1.20 bits per heavy atom. The van der Waals surface area contributed by atoms with Crippen LogP contribution in [0.5, 0.6) is 0 Å². The molecule has 2 rings (SSSR count). The molecule has 1 aromatic heterocycles. The lowest BCUT2D eigenvalue weighted by Crippen LogP contribution is -1.77. The monoisotopic (exact) mass is 248 g/mol. The molecule has 2 aromatic rings. The summed E-state index contributed by atoms with van der Waals surface area (Å²) in [5, 5.41) is 8.66. The zero-order valence-corrected chi connectivity index (χ0v) is 9.96. The van der Waals surface area contributed by atoms with Crippen LogP contribution in [-0.4, -0.2) is 21.7 Å². The van der Waals surface area contributed by atoms with Gasteiger partial charge in [0.1, 0.15) is 6.33 Å². The molecule has 3 nitrogen and oxygen atoms in total. The minimum Gasteiger partial charge on any atom is -0.397 e. The van der Waals surface area contributed by atoms with Gasteiger partial charge < -0.3 is 5.11 Å². The third kappa shape index (κ3) is 5.52. The topological polar surface area (TPSA) is 46.0 Å². The van der Waals surface area contributed by atoms with E-state index in [1.807, 2.05) is 30.5 Å². The zero-order chi connectivity index (χ0) is 9.52. The van der Waals surface area contributed by atoms with Crippen molar-refractivity contribution in [3.05, 3.63) is 36.8 Å². The molecule has 0 atom stereocenters. The normalized spacial score (nSPS) is 7.87. The second-order valence-electron chi connectivity index (χ2n) is 2.40. The number of hydrogen-bond donors (Lipinski definition) is 1. The Balaban J connectivity index is 0. The molecule has 1 N–H and O–H groups in total. The number of fused-ring (bicyclic) bond motifs is 1. The summed E-state index contributed by atoms with van der Waals surface area (Å²) in [5.41, 5.74) is 0.998. The van der Waals surface area contributed by atoms with Crippen LogP contribution in [0.4, 0.5) is 0 Å². The van der Waals surface area contributed by atoms with Crippen LogP contribution >= 0.6 is 24.8 Å². The molecule has 0 aliphatic rings. The van der Waals surface area contributed by atoms with Gasteiger partial charge in [0.15, 0.2) is 0 Å². The highest BCUT2D eigenvalue weighted by Crippen LogP contribution is 2.06. The Morgan fingerprint density at radius 3 is 2.40 bits per heavy atom. The maximum absolute atomic E-state index is 7.57. The standard InChI is InChI=1S/C8H6N2.C2H6O.2ClH/c1-2-4-8-7(3-1)5-9-6-10-8;1-2-3;;/h1-6H;3H,2H2,1H3;2*1H. The number of hydrogen-bond acceptors (Lipinski definition) is 3. The molecule has 15 heavy (non-hydrogen) atoms. The molecule has 0 fully saturated rings. The van der Waals surface area contributed by atoms with Gasteiger partial charge in [-0.15, -0.1) is 24.8 Å². The SMILES string of the molecule is CCO.Cl.Cl.c1ccc2ncncc2c1. The summed E-state index contributed by atoms with van der Waals surface area (Å²) in [5.74, 6) is 0. The minimum absolute atomic E-state index is 0. The first-order valence-electron chi connectivity index (χ1n) is 4.14. The van der Waals surface area contributed by atoms with E-state index >= 15 is 0 Å². The molecule has 5 heteroatoms. The van der Waals surface area contributed by atoms with E-state index < -0.39 is 0 Å². The average Bonchev–Trinajstić information content (AvgIpc) is 2.19. The van der Waals surface area contributed by atoms with Crippen molar-refractivity contribution in [2.75, 3.05) is 6.61 Å². The van der Waals surface area contributed by atoms with E-state index in [1.165, 1.54) is 0 Å². The first-order chi connectivity index (χ1) is 6.38. The van der Waals surface area contributed by atoms with Gasteiger partial charge in [-0.1, -0.05) is 18.2 Å². The highest BCUT2D eigenvalue weighted by Gasteiger charge is 1.87. The largest absolute Gasteiger partial charge is 0.397 e. The van der Waals surface area contributed by atoms with Crippen LogP contribution in [0.1, 0.15) is 6.92 Å². The fraction of sp³-hybridized carbons (Fsp3) is 0.200. The second kappa shape index (κ2) is 9.65. The molecule has 1 heterocycles. The Labute approximate surface area is 101 Å². The van der Waals surface area contributed by atoms with Gasteiger partial charge >= 0.3 is 0 Å². The third-order valence-electron chi connectivity index (χ3n) is 1.41. The molecular weight excluding hydrogens is 235 g/mol. The molecule has 84 valence electrons. The van der Waals surface area contributed by atoms with Crippen molar-refractivity contribution in [3.63, 3.8) is 0 Å². The summed E-state index contributed by atoms with van der Waals surface area (Å²) in [4.78, 5) is 7.97. The predicted molar refractivity (Wildman–Crippen MR) is 66.8 cm³/mol. The fourth-order valence-electron chi connectivity index (χ4n) is 0.923. The van der Waals surface area contributed by atoms with Gasteiger partial charge in [-0.25, -0.2) is 9.97 Å². The summed E-state index contributed by atoms with van der Waals surface area (Å²) in [6.45, 7) is 1.93. The lowest BCUT2D eigenvalue weighted by Gasteiger charge is -1.90. The number of aromatic nitrogens is 2. The molecular formula is C10H14Cl2N2O. The average molecular weight is 249 g/mol. The van der Waals surface area contributed by atoms with Gasteiger partial charge in [0.25, 0.3) is 0 Å². The van der Waals surface area contributed by atoms with Gasteiger partial charge in [0.2, 0.25) is 0 Å². The molecule has 0 bridgehead atoms.